The minimum atomic E-state index is -1.71. The number of aromatic hydroxyl groups is 4. The highest BCUT2D eigenvalue weighted by Crippen LogP contribution is 2.50. The highest BCUT2D eigenvalue weighted by atomic mass is 16.7. The van der Waals surface area contributed by atoms with Crippen molar-refractivity contribution in [2.24, 2.45) is 0 Å². The number of aliphatic hydroxyl groups is 2. The summed E-state index contributed by atoms with van der Waals surface area (Å²) in [5.41, 5.74) is -1.35. The maximum absolute atomic E-state index is 13.8. The Balaban J connectivity index is 1.68. The summed E-state index contributed by atoms with van der Waals surface area (Å²) in [5.74, 6) is -6.16. The molecule has 2 aliphatic rings. The second-order valence-electron chi connectivity index (χ2n) is 9.43. The molecule has 14 heteroatoms. The minimum Gasteiger partial charge on any atom is -0.505 e. The summed E-state index contributed by atoms with van der Waals surface area (Å²) in [6.45, 7) is -0.711. The van der Waals surface area contributed by atoms with Gasteiger partial charge in [-0.2, -0.15) is 0 Å². The van der Waals surface area contributed by atoms with Crippen LogP contribution in [0, 0.1) is 0 Å². The maximum Gasteiger partial charge on any atom is 0.339 e. The van der Waals surface area contributed by atoms with Gasteiger partial charge in [-0.1, -0.05) is 12.1 Å². The van der Waals surface area contributed by atoms with Crippen molar-refractivity contribution in [2.75, 3.05) is 13.7 Å². The first-order valence-electron chi connectivity index (χ1n) is 12.2. The van der Waals surface area contributed by atoms with E-state index in [1.807, 2.05) is 0 Å². The summed E-state index contributed by atoms with van der Waals surface area (Å²) >= 11 is 0. The molecule has 1 aromatic heterocycles. The molecular formula is C27H22N2O12. The SMILES string of the molecule is CO[C@H]1O[C@H](CO)[C@@H](O)[C@@H]2OC(=O)c3cc(O)c(O)c(O)c3-c3c(cc4nc5ccccc5nc4c3O)C(=O)O[C@@H]12. The third-order valence-corrected chi connectivity index (χ3v) is 7.07. The molecule has 1 saturated heterocycles. The van der Waals surface area contributed by atoms with Crippen LogP contribution in [-0.2, 0) is 18.9 Å². The number of aliphatic hydroxyl groups excluding tert-OH is 2. The highest BCUT2D eigenvalue weighted by Gasteiger charge is 2.51. The van der Waals surface area contributed by atoms with Crippen LogP contribution in [0.4, 0.5) is 0 Å². The molecule has 4 aromatic rings. The number of hydrogen-bond acceptors (Lipinski definition) is 14. The van der Waals surface area contributed by atoms with E-state index in [9.17, 15) is 40.2 Å². The number of carbonyl (C=O) groups excluding carboxylic acids is 2. The summed E-state index contributed by atoms with van der Waals surface area (Å²) in [7, 11) is 1.20. The first kappa shape index (κ1) is 26.5. The number of hydrogen-bond donors (Lipinski definition) is 6. The fourth-order valence-corrected chi connectivity index (χ4v) is 5.08. The first-order valence-corrected chi connectivity index (χ1v) is 12.2. The summed E-state index contributed by atoms with van der Waals surface area (Å²) in [6, 6.07) is 8.67. The van der Waals surface area contributed by atoms with E-state index in [2.05, 4.69) is 9.97 Å². The molecule has 41 heavy (non-hydrogen) atoms. The molecule has 6 rings (SSSR count). The Kier molecular flexibility index (Phi) is 6.26. The van der Waals surface area contributed by atoms with E-state index in [1.165, 1.54) is 13.2 Å². The first-order chi connectivity index (χ1) is 19.6. The fourth-order valence-electron chi connectivity index (χ4n) is 5.08. The monoisotopic (exact) mass is 566 g/mol. The molecule has 5 atom stereocenters. The average Bonchev–Trinajstić information content (AvgIpc) is 2.96. The highest BCUT2D eigenvalue weighted by molar-refractivity contribution is 6.11. The third-order valence-electron chi connectivity index (χ3n) is 7.07. The van der Waals surface area contributed by atoms with Crippen LogP contribution in [0.1, 0.15) is 20.7 Å². The minimum absolute atomic E-state index is 0.0423. The van der Waals surface area contributed by atoms with Crippen LogP contribution in [0.3, 0.4) is 0 Å². The standard InChI is InChI=1S/C27H22N2O12/c1-38-27-24-23(20(33)15(8-30)39-27)40-26(37)10-7-14(31)19(32)22(35)17(10)16-9(25(36)41-24)6-13-18(21(16)34)29-12-5-3-2-4-11(12)28-13/h2-7,15,20,23-24,27,30-35H,8H2,1H3/t15-,20-,23+,24-,27+/m1/s1. The van der Waals surface area contributed by atoms with Crippen molar-refractivity contribution in [3.8, 4) is 34.1 Å². The molecule has 3 aromatic carbocycles. The van der Waals surface area contributed by atoms with E-state index in [4.69, 9.17) is 18.9 Å². The van der Waals surface area contributed by atoms with E-state index in [0.29, 0.717) is 11.0 Å². The molecule has 0 aliphatic carbocycles. The zero-order chi connectivity index (χ0) is 29.2. The lowest BCUT2D eigenvalue weighted by Gasteiger charge is -2.42. The van der Waals surface area contributed by atoms with Gasteiger partial charge in [-0.3, -0.25) is 0 Å². The smallest absolute Gasteiger partial charge is 0.339 e. The number of para-hydroxylation sites is 2. The van der Waals surface area contributed by atoms with Gasteiger partial charge in [0.25, 0.3) is 0 Å². The number of methoxy groups -OCH3 is 1. The lowest BCUT2D eigenvalue weighted by molar-refractivity contribution is -0.292. The molecule has 14 nitrogen and oxygen atoms in total. The molecule has 2 aliphatic heterocycles. The number of nitrogens with zero attached hydrogens (tertiary/aromatic N) is 2. The number of ether oxygens (including phenoxy) is 4. The van der Waals surface area contributed by atoms with Gasteiger partial charge >= 0.3 is 11.9 Å². The molecule has 1 fully saturated rings. The topological polar surface area (TPSA) is 218 Å². The zero-order valence-electron chi connectivity index (χ0n) is 21.1. The Hall–Kier alpha value is -4.76. The van der Waals surface area contributed by atoms with Crippen LogP contribution < -0.4 is 0 Å². The summed E-state index contributed by atoms with van der Waals surface area (Å²) in [5, 5.41) is 63.5. The van der Waals surface area contributed by atoms with Crippen molar-refractivity contribution >= 4 is 34.0 Å². The summed E-state index contributed by atoms with van der Waals surface area (Å²) in [6.07, 6.45) is -7.67. The number of rotatable bonds is 2. The van der Waals surface area contributed by atoms with Crippen molar-refractivity contribution in [1.82, 2.24) is 9.97 Å². The molecule has 0 spiro atoms. The van der Waals surface area contributed by atoms with Crippen LogP contribution >= 0.6 is 0 Å². The van der Waals surface area contributed by atoms with Crippen molar-refractivity contribution in [3.05, 3.63) is 47.5 Å². The van der Waals surface area contributed by atoms with Crippen LogP contribution in [-0.4, -0.2) is 97.0 Å². The molecule has 3 heterocycles. The second-order valence-corrected chi connectivity index (χ2v) is 9.43. The van der Waals surface area contributed by atoms with Gasteiger partial charge < -0.3 is 49.6 Å². The van der Waals surface area contributed by atoms with Crippen molar-refractivity contribution < 1.29 is 59.2 Å². The average molecular weight is 566 g/mol. The van der Waals surface area contributed by atoms with Gasteiger partial charge in [-0.15, -0.1) is 0 Å². The lowest BCUT2D eigenvalue weighted by Crippen LogP contribution is -2.61. The van der Waals surface area contributed by atoms with Gasteiger partial charge in [0.05, 0.1) is 34.3 Å². The van der Waals surface area contributed by atoms with Gasteiger partial charge in [0, 0.05) is 18.2 Å². The van der Waals surface area contributed by atoms with Crippen molar-refractivity contribution in [2.45, 2.75) is 30.7 Å². The molecule has 0 amide bonds. The predicted molar refractivity (Wildman–Crippen MR) is 136 cm³/mol. The van der Waals surface area contributed by atoms with Gasteiger partial charge in [-0.25, -0.2) is 19.6 Å². The normalized spacial score (nSPS) is 24.2. The number of benzene rings is 3. The summed E-state index contributed by atoms with van der Waals surface area (Å²) < 4.78 is 21.8. The Bertz CT molecular complexity index is 1740. The number of phenols is 4. The fraction of sp³-hybridized carbons (Fsp3) is 0.259. The lowest BCUT2D eigenvalue weighted by atomic mass is 9.91. The molecule has 0 radical (unpaired) electrons. The van der Waals surface area contributed by atoms with Gasteiger partial charge in [0.2, 0.25) is 5.75 Å². The molecule has 0 saturated carbocycles. The van der Waals surface area contributed by atoms with E-state index in [-0.39, 0.29) is 11.0 Å². The quantitative estimate of drug-likeness (QED) is 0.114. The number of fused-ring (bicyclic) bond motifs is 6. The Morgan fingerprint density at radius 1 is 0.829 bits per heavy atom. The zero-order valence-corrected chi connectivity index (χ0v) is 21.1. The Morgan fingerprint density at radius 2 is 1.44 bits per heavy atom. The predicted octanol–water partition coefficient (Wildman–Crippen LogP) is 1.06. The van der Waals surface area contributed by atoms with Gasteiger partial charge in [-0.05, 0) is 24.3 Å². The van der Waals surface area contributed by atoms with Crippen molar-refractivity contribution in [3.63, 3.8) is 0 Å². The summed E-state index contributed by atoms with van der Waals surface area (Å²) in [4.78, 5) is 36.2. The van der Waals surface area contributed by atoms with Gasteiger partial charge in [0.1, 0.15) is 17.7 Å². The van der Waals surface area contributed by atoms with Crippen molar-refractivity contribution in [1.29, 1.82) is 0 Å². The number of phenolic OH excluding ortho intramolecular Hbond substituents is 4. The largest absolute Gasteiger partial charge is 0.505 e. The number of esters is 2. The number of carbonyl (C=O) groups is 2. The molecule has 0 bridgehead atoms. The van der Waals surface area contributed by atoms with Crippen LogP contribution in [0.25, 0.3) is 33.2 Å². The molecule has 0 unspecified atom stereocenters. The van der Waals surface area contributed by atoms with E-state index >= 15 is 0 Å². The van der Waals surface area contributed by atoms with Crippen LogP contribution in [0.2, 0.25) is 0 Å². The Labute approximate surface area is 229 Å². The van der Waals surface area contributed by atoms with Crippen LogP contribution in [0.15, 0.2) is 36.4 Å². The Morgan fingerprint density at radius 3 is 2.10 bits per heavy atom. The number of aromatic nitrogens is 2. The van der Waals surface area contributed by atoms with E-state index in [0.717, 1.165) is 6.07 Å². The second kappa shape index (κ2) is 9.71. The maximum atomic E-state index is 13.8. The molecule has 212 valence electrons. The van der Waals surface area contributed by atoms with Gasteiger partial charge in [0.15, 0.2) is 35.7 Å². The van der Waals surface area contributed by atoms with E-state index in [1.54, 1.807) is 24.3 Å². The molecule has 6 N–H and O–H groups in total. The molecular weight excluding hydrogens is 544 g/mol. The third kappa shape index (κ3) is 4.03. The van der Waals surface area contributed by atoms with Crippen LogP contribution in [0.5, 0.6) is 23.0 Å². The van der Waals surface area contributed by atoms with E-state index < -0.39 is 94.5 Å².